The summed E-state index contributed by atoms with van der Waals surface area (Å²) >= 11 is 11.8. The highest BCUT2D eigenvalue weighted by atomic mass is 35.5. The van der Waals surface area contributed by atoms with E-state index in [9.17, 15) is 4.79 Å². The number of amides is 1. The van der Waals surface area contributed by atoms with Crippen molar-refractivity contribution in [1.29, 1.82) is 0 Å². The number of benzene rings is 1. The molecular weight excluding hydrogens is 259 g/mol. The number of nitrogens with two attached hydrogens (primary N) is 1. The van der Waals surface area contributed by atoms with E-state index in [4.69, 9.17) is 28.9 Å². The van der Waals surface area contributed by atoms with Gasteiger partial charge in [-0.2, -0.15) is 0 Å². The van der Waals surface area contributed by atoms with E-state index in [1.807, 2.05) is 6.07 Å². The van der Waals surface area contributed by atoms with Crippen LogP contribution in [0.5, 0.6) is 0 Å². The van der Waals surface area contributed by atoms with E-state index in [2.05, 4.69) is 5.32 Å². The van der Waals surface area contributed by atoms with Crippen LogP contribution in [0.1, 0.15) is 18.4 Å². The maximum atomic E-state index is 11.6. The van der Waals surface area contributed by atoms with Crippen molar-refractivity contribution in [1.82, 2.24) is 5.32 Å². The zero-order valence-electron chi connectivity index (χ0n) is 9.30. The second kappa shape index (κ2) is 4.84. The zero-order valence-corrected chi connectivity index (χ0v) is 10.8. The topological polar surface area (TPSA) is 55.1 Å². The zero-order chi connectivity index (χ0) is 12.5. The van der Waals surface area contributed by atoms with Crippen LogP contribution < -0.4 is 11.1 Å². The Labute approximate surface area is 110 Å². The van der Waals surface area contributed by atoms with Crippen LogP contribution in [0, 0.1) is 0 Å². The number of hydrogen-bond donors (Lipinski definition) is 2. The molecule has 5 heteroatoms. The summed E-state index contributed by atoms with van der Waals surface area (Å²) in [5, 5.41) is 4.22. The van der Waals surface area contributed by atoms with Gasteiger partial charge in [-0.25, -0.2) is 0 Å². The molecule has 2 rings (SSSR count). The van der Waals surface area contributed by atoms with Crippen molar-refractivity contribution in [3.05, 3.63) is 33.8 Å². The fourth-order valence-electron chi connectivity index (χ4n) is 2.25. The van der Waals surface area contributed by atoms with E-state index in [0.29, 0.717) is 16.5 Å². The third-order valence-corrected chi connectivity index (χ3v) is 3.94. The largest absolute Gasteiger partial charge is 0.368 e. The molecule has 1 aromatic carbocycles. The van der Waals surface area contributed by atoms with E-state index in [1.165, 1.54) is 0 Å². The normalized spacial score (nSPS) is 23.9. The number of rotatable bonds is 3. The fourth-order valence-corrected chi connectivity index (χ4v) is 2.57. The van der Waals surface area contributed by atoms with Crippen LogP contribution in [0.15, 0.2) is 18.2 Å². The lowest BCUT2D eigenvalue weighted by atomic mass is 9.88. The minimum atomic E-state index is -0.628. The van der Waals surface area contributed by atoms with Crippen LogP contribution >= 0.6 is 23.2 Å². The van der Waals surface area contributed by atoms with Crippen LogP contribution in [0.3, 0.4) is 0 Å². The smallest absolute Gasteiger partial charge is 0.238 e. The Morgan fingerprint density at radius 1 is 1.41 bits per heavy atom. The highest BCUT2D eigenvalue weighted by molar-refractivity contribution is 6.42. The van der Waals surface area contributed by atoms with Gasteiger partial charge >= 0.3 is 0 Å². The minimum absolute atomic E-state index is 0.305. The molecule has 1 aromatic rings. The van der Waals surface area contributed by atoms with Gasteiger partial charge in [-0.05, 0) is 43.5 Å². The second-order valence-corrected chi connectivity index (χ2v) is 5.22. The van der Waals surface area contributed by atoms with E-state index >= 15 is 0 Å². The lowest BCUT2D eigenvalue weighted by Crippen LogP contribution is -2.53. The summed E-state index contributed by atoms with van der Waals surface area (Å²) < 4.78 is 0. The maximum Gasteiger partial charge on any atom is 0.238 e. The molecule has 0 unspecified atom stereocenters. The maximum absolute atomic E-state index is 11.6. The molecule has 1 heterocycles. The summed E-state index contributed by atoms with van der Waals surface area (Å²) in [6, 6.07) is 5.40. The van der Waals surface area contributed by atoms with E-state index in [1.54, 1.807) is 12.1 Å². The van der Waals surface area contributed by atoms with Crippen molar-refractivity contribution >= 4 is 29.1 Å². The van der Waals surface area contributed by atoms with Crippen molar-refractivity contribution in [3.8, 4) is 0 Å². The summed E-state index contributed by atoms with van der Waals surface area (Å²) in [6.07, 6.45) is 2.28. The summed E-state index contributed by atoms with van der Waals surface area (Å²) in [5.74, 6) is -0.305. The first kappa shape index (κ1) is 12.7. The lowest BCUT2D eigenvalue weighted by Gasteiger charge is -2.25. The lowest BCUT2D eigenvalue weighted by molar-refractivity contribution is -0.123. The predicted octanol–water partition coefficient (Wildman–Crippen LogP) is 2.14. The van der Waals surface area contributed by atoms with Gasteiger partial charge in [0, 0.05) is 0 Å². The van der Waals surface area contributed by atoms with E-state index < -0.39 is 5.54 Å². The predicted molar refractivity (Wildman–Crippen MR) is 69.3 cm³/mol. The van der Waals surface area contributed by atoms with Crippen LogP contribution in [0.25, 0.3) is 0 Å². The minimum Gasteiger partial charge on any atom is -0.368 e. The average molecular weight is 273 g/mol. The standard InChI is InChI=1S/C12H14Cl2N2O/c13-9-3-2-8(6-10(9)14)7-12(11(15)17)4-1-5-16-12/h2-3,6,16H,1,4-5,7H2,(H2,15,17)/t12-/m1/s1. The molecule has 1 amide bonds. The molecule has 0 aliphatic carbocycles. The Hall–Kier alpha value is -0.770. The van der Waals surface area contributed by atoms with Crippen molar-refractivity contribution in [3.63, 3.8) is 0 Å². The Morgan fingerprint density at radius 2 is 2.18 bits per heavy atom. The molecule has 0 bridgehead atoms. The number of nitrogens with one attached hydrogen (secondary N) is 1. The first-order valence-electron chi connectivity index (χ1n) is 5.52. The third-order valence-electron chi connectivity index (χ3n) is 3.21. The van der Waals surface area contributed by atoms with Gasteiger partial charge in [0.15, 0.2) is 0 Å². The van der Waals surface area contributed by atoms with Gasteiger partial charge in [-0.3, -0.25) is 4.79 Å². The molecular formula is C12H14Cl2N2O. The van der Waals surface area contributed by atoms with E-state index in [-0.39, 0.29) is 5.91 Å². The van der Waals surface area contributed by atoms with Gasteiger partial charge in [0.25, 0.3) is 0 Å². The first-order valence-corrected chi connectivity index (χ1v) is 6.28. The van der Waals surface area contributed by atoms with Crippen LogP contribution in [0.2, 0.25) is 10.0 Å². The molecule has 1 aliphatic rings. The summed E-state index contributed by atoms with van der Waals surface area (Å²) in [4.78, 5) is 11.6. The summed E-state index contributed by atoms with van der Waals surface area (Å²) in [7, 11) is 0. The Kier molecular flexibility index (Phi) is 3.61. The highest BCUT2D eigenvalue weighted by Gasteiger charge is 2.39. The molecule has 1 aliphatic heterocycles. The molecule has 17 heavy (non-hydrogen) atoms. The fraction of sp³-hybridized carbons (Fsp3) is 0.417. The molecule has 0 spiro atoms. The van der Waals surface area contributed by atoms with Gasteiger partial charge in [0.05, 0.1) is 10.0 Å². The number of primary amides is 1. The van der Waals surface area contributed by atoms with Crippen LogP contribution in [-0.4, -0.2) is 18.0 Å². The number of halogens is 2. The molecule has 3 nitrogen and oxygen atoms in total. The molecule has 0 aromatic heterocycles. The Bertz CT molecular complexity index is 442. The second-order valence-electron chi connectivity index (χ2n) is 4.40. The number of carbonyl (C=O) groups excluding carboxylic acids is 1. The van der Waals surface area contributed by atoms with Gasteiger partial charge in [0.1, 0.15) is 5.54 Å². The Morgan fingerprint density at radius 3 is 2.71 bits per heavy atom. The highest BCUT2D eigenvalue weighted by Crippen LogP contribution is 2.28. The van der Waals surface area contributed by atoms with Crippen molar-refractivity contribution in [2.24, 2.45) is 5.73 Å². The first-order chi connectivity index (χ1) is 8.03. The SMILES string of the molecule is NC(=O)[C@]1(Cc2ccc(Cl)c(Cl)c2)CCCN1. The van der Waals surface area contributed by atoms with Crippen LogP contribution in [0.4, 0.5) is 0 Å². The monoisotopic (exact) mass is 272 g/mol. The van der Waals surface area contributed by atoms with Crippen LogP contribution in [-0.2, 0) is 11.2 Å². The van der Waals surface area contributed by atoms with Gasteiger partial charge in [-0.1, -0.05) is 29.3 Å². The van der Waals surface area contributed by atoms with Gasteiger partial charge < -0.3 is 11.1 Å². The van der Waals surface area contributed by atoms with Gasteiger partial charge in [-0.15, -0.1) is 0 Å². The third kappa shape index (κ3) is 2.57. The van der Waals surface area contributed by atoms with Crippen molar-refractivity contribution in [2.75, 3.05) is 6.54 Å². The molecule has 1 atom stereocenters. The molecule has 3 N–H and O–H groups in total. The molecule has 0 radical (unpaired) electrons. The summed E-state index contributed by atoms with van der Waals surface area (Å²) in [6.45, 7) is 0.824. The van der Waals surface area contributed by atoms with E-state index in [0.717, 1.165) is 24.9 Å². The number of carbonyl (C=O) groups is 1. The quantitative estimate of drug-likeness (QED) is 0.886. The van der Waals surface area contributed by atoms with Crippen molar-refractivity contribution in [2.45, 2.75) is 24.8 Å². The number of hydrogen-bond acceptors (Lipinski definition) is 2. The molecule has 1 fully saturated rings. The van der Waals surface area contributed by atoms with Crippen molar-refractivity contribution < 1.29 is 4.79 Å². The van der Waals surface area contributed by atoms with Gasteiger partial charge in [0.2, 0.25) is 5.91 Å². The Balaban J connectivity index is 2.23. The molecule has 1 saturated heterocycles. The average Bonchev–Trinajstić information content (AvgIpc) is 2.73. The summed E-state index contributed by atoms with van der Waals surface area (Å²) in [5.41, 5.74) is 5.83. The molecule has 0 saturated carbocycles. The molecule has 92 valence electrons.